The summed E-state index contributed by atoms with van der Waals surface area (Å²) in [7, 11) is 1.68. The molecular formula is C14H18N2O4. The second-order valence-corrected chi connectivity index (χ2v) is 4.97. The highest BCUT2D eigenvalue weighted by Crippen LogP contribution is 2.16. The molecule has 0 N–H and O–H groups in total. The minimum atomic E-state index is -0.487. The lowest BCUT2D eigenvalue weighted by molar-refractivity contribution is -0.384. The van der Waals surface area contributed by atoms with E-state index in [1.165, 1.54) is 12.1 Å². The molecule has 108 valence electrons. The van der Waals surface area contributed by atoms with Gasteiger partial charge in [0, 0.05) is 31.4 Å². The van der Waals surface area contributed by atoms with Crippen molar-refractivity contribution in [3.63, 3.8) is 0 Å². The third-order valence-electron chi connectivity index (χ3n) is 3.54. The second-order valence-electron chi connectivity index (χ2n) is 4.97. The number of likely N-dealkylation sites (tertiary alicyclic amines) is 1. The number of nitro groups is 1. The third kappa shape index (κ3) is 3.61. The number of piperidine rings is 1. The number of nitro benzene ring substituents is 1. The van der Waals surface area contributed by atoms with Crippen molar-refractivity contribution < 1.29 is 14.5 Å². The molecule has 0 radical (unpaired) electrons. The second kappa shape index (κ2) is 6.58. The number of hydrogen-bond donors (Lipinski definition) is 0. The van der Waals surface area contributed by atoms with E-state index in [4.69, 9.17) is 4.74 Å². The molecule has 1 unspecified atom stereocenters. The summed E-state index contributed by atoms with van der Waals surface area (Å²) in [6.45, 7) is 1.87. The van der Waals surface area contributed by atoms with Gasteiger partial charge in [-0.3, -0.25) is 19.8 Å². The molecule has 1 aliphatic heterocycles. The molecule has 1 atom stereocenters. The van der Waals surface area contributed by atoms with Crippen molar-refractivity contribution >= 4 is 11.5 Å². The fraction of sp³-hybridized carbons (Fsp3) is 0.500. The van der Waals surface area contributed by atoms with Crippen molar-refractivity contribution in [2.24, 2.45) is 0 Å². The number of nitrogens with zero attached hydrogens (tertiary/aromatic N) is 2. The minimum Gasteiger partial charge on any atom is -0.380 e. The largest absolute Gasteiger partial charge is 0.380 e. The number of rotatable bonds is 5. The Kier molecular flexibility index (Phi) is 4.81. The molecule has 1 aliphatic rings. The summed E-state index contributed by atoms with van der Waals surface area (Å²) in [4.78, 5) is 24.4. The number of methoxy groups -OCH3 is 1. The van der Waals surface area contributed by atoms with Gasteiger partial charge < -0.3 is 4.74 Å². The first-order valence-electron chi connectivity index (χ1n) is 6.63. The predicted octanol–water partition coefficient (Wildman–Crippen LogP) is 1.89. The maximum Gasteiger partial charge on any atom is 0.270 e. The van der Waals surface area contributed by atoms with E-state index >= 15 is 0 Å². The van der Waals surface area contributed by atoms with Crippen LogP contribution in [0.1, 0.15) is 23.2 Å². The Morgan fingerprint density at radius 1 is 1.55 bits per heavy atom. The molecule has 0 saturated carbocycles. The Labute approximate surface area is 117 Å². The number of ether oxygens (including phenoxy) is 1. The van der Waals surface area contributed by atoms with Crippen LogP contribution >= 0.6 is 0 Å². The third-order valence-corrected chi connectivity index (χ3v) is 3.54. The van der Waals surface area contributed by atoms with Gasteiger partial charge in [-0.05, 0) is 19.4 Å². The standard InChI is InChI=1S/C14H18N2O4/c1-20-13-6-3-7-15(9-13)10-14(17)11-4-2-5-12(8-11)16(18)19/h2,4-5,8,13H,3,6-7,9-10H2,1H3. The summed E-state index contributed by atoms with van der Waals surface area (Å²) in [5.74, 6) is -0.0922. The molecule has 1 fully saturated rings. The molecular weight excluding hydrogens is 260 g/mol. The predicted molar refractivity (Wildman–Crippen MR) is 73.9 cm³/mol. The average Bonchev–Trinajstić information content (AvgIpc) is 2.47. The van der Waals surface area contributed by atoms with Crippen molar-refractivity contribution in [2.75, 3.05) is 26.7 Å². The van der Waals surface area contributed by atoms with Gasteiger partial charge in [-0.15, -0.1) is 0 Å². The maximum absolute atomic E-state index is 12.2. The molecule has 1 aromatic carbocycles. The highest BCUT2D eigenvalue weighted by Gasteiger charge is 2.22. The number of carbonyl (C=O) groups excluding carboxylic acids is 1. The van der Waals surface area contributed by atoms with Crippen molar-refractivity contribution in [1.29, 1.82) is 0 Å². The number of non-ortho nitro benzene ring substituents is 1. The van der Waals surface area contributed by atoms with Gasteiger partial charge in [0.15, 0.2) is 5.78 Å². The molecule has 6 heteroatoms. The van der Waals surface area contributed by atoms with Crippen molar-refractivity contribution in [2.45, 2.75) is 18.9 Å². The lowest BCUT2D eigenvalue weighted by atomic mass is 10.1. The fourth-order valence-electron chi connectivity index (χ4n) is 2.44. The van der Waals surface area contributed by atoms with Crippen LogP contribution in [-0.2, 0) is 4.74 Å². The molecule has 0 spiro atoms. The normalized spacial score (nSPS) is 19.8. The molecule has 0 bridgehead atoms. The molecule has 0 amide bonds. The maximum atomic E-state index is 12.2. The monoisotopic (exact) mass is 278 g/mol. The highest BCUT2D eigenvalue weighted by atomic mass is 16.6. The van der Waals surface area contributed by atoms with Gasteiger partial charge in [-0.25, -0.2) is 0 Å². The van der Waals surface area contributed by atoms with Gasteiger partial charge in [-0.2, -0.15) is 0 Å². The van der Waals surface area contributed by atoms with E-state index < -0.39 is 4.92 Å². The van der Waals surface area contributed by atoms with Crippen molar-refractivity contribution in [3.8, 4) is 0 Å². The number of hydrogen-bond acceptors (Lipinski definition) is 5. The lowest BCUT2D eigenvalue weighted by Crippen LogP contribution is -2.41. The fourth-order valence-corrected chi connectivity index (χ4v) is 2.44. The minimum absolute atomic E-state index is 0.0516. The summed E-state index contributed by atoms with van der Waals surface area (Å²) in [6, 6.07) is 5.88. The number of Topliss-reactive ketones (excluding diaryl/α,β-unsaturated/α-hetero) is 1. The van der Waals surface area contributed by atoms with Crippen molar-refractivity contribution in [3.05, 3.63) is 39.9 Å². The van der Waals surface area contributed by atoms with E-state index in [-0.39, 0.29) is 24.1 Å². The Balaban J connectivity index is 2.01. The van der Waals surface area contributed by atoms with Crippen LogP contribution in [0.2, 0.25) is 0 Å². The van der Waals surface area contributed by atoms with E-state index in [2.05, 4.69) is 0 Å². The van der Waals surface area contributed by atoms with E-state index in [1.807, 2.05) is 4.90 Å². The SMILES string of the molecule is COC1CCCN(CC(=O)c2cccc([N+](=O)[O-])c2)C1. The molecule has 1 saturated heterocycles. The molecule has 0 aromatic heterocycles. The van der Waals surface area contributed by atoms with Gasteiger partial charge in [0.1, 0.15) is 0 Å². The zero-order valence-electron chi connectivity index (χ0n) is 11.4. The molecule has 1 aromatic rings. The van der Waals surface area contributed by atoms with Crippen LogP contribution in [0.5, 0.6) is 0 Å². The van der Waals surface area contributed by atoms with E-state index in [9.17, 15) is 14.9 Å². The quantitative estimate of drug-likeness (QED) is 0.467. The smallest absolute Gasteiger partial charge is 0.270 e. The van der Waals surface area contributed by atoms with E-state index in [0.29, 0.717) is 5.56 Å². The van der Waals surface area contributed by atoms with E-state index in [1.54, 1.807) is 19.2 Å². The summed E-state index contributed by atoms with van der Waals surface area (Å²) in [5.41, 5.74) is 0.336. The molecule has 1 heterocycles. The number of carbonyl (C=O) groups is 1. The van der Waals surface area contributed by atoms with Gasteiger partial charge >= 0.3 is 0 Å². The van der Waals surface area contributed by atoms with E-state index in [0.717, 1.165) is 25.9 Å². The Morgan fingerprint density at radius 3 is 3.05 bits per heavy atom. The first-order chi connectivity index (χ1) is 9.60. The Hall–Kier alpha value is -1.79. The van der Waals surface area contributed by atoms with Crippen molar-refractivity contribution in [1.82, 2.24) is 4.90 Å². The molecule has 6 nitrogen and oxygen atoms in total. The molecule has 0 aliphatic carbocycles. The van der Waals surface area contributed by atoms with Crippen LogP contribution in [-0.4, -0.2) is 48.5 Å². The zero-order chi connectivity index (χ0) is 14.5. The Bertz CT molecular complexity index is 504. The first-order valence-corrected chi connectivity index (χ1v) is 6.63. The van der Waals surface area contributed by atoms with Crippen LogP contribution in [0.4, 0.5) is 5.69 Å². The molecule has 2 rings (SSSR count). The van der Waals surface area contributed by atoms with Gasteiger partial charge in [0.2, 0.25) is 0 Å². The van der Waals surface area contributed by atoms with Gasteiger partial charge in [-0.1, -0.05) is 12.1 Å². The van der Waals surface area contributed by atoms with Crippen LogP contribution in [0, 0.1) is 10.1 Å². The van der Waals surface area contributed by atoms with Crippen LogP contribution < -0.4 is 0 Å². The first kappa shape index (κ1) is 14.6. The summed E-state index contributed by atoms with van der Waals surface area (Å²) < 4.78 is 5.32. The highest BCUT2D eigenvalue weighted by molar-refractivity contribution is 5.98. The topological polar surface area (TPSA) is 72.7 Å². The number of ketones is 1. The Morgan fingerprint density at radius 2 is 2.35 bits per heavy atom. The molecule has 20 heavy (non-hydrogen) atoms. The van der Waals surface area contributed by atoms with Gasteiger partial charge in [0.05, 0.1) is 17.6 Å². The summed E-state index contributed by atoms with van der Waals surface area (Å²) in [5, 5.41) is 10.7. The lowest BCUT2D eigenvalue weighted by Gasteiger charge is -2.31. The van der Waals surface area contributed by atoms with Gasteiger partial charge in [0.25, 0.3) is 5.69 Å². The number of benzene rings is 1. The summed E-state index contributed by atoms with van der Waals surface area (Å²) >= 11 is 0. The average molecular weight is 278 g/mol. The van der Waals surface area contributed by atoms with Crippen LogP contribution in [0.3, 0.4) is 0 Å². The zero-order valence-corrected chi connectivity index (χ0v) is 11.4. The van der Waals surface area contributed by atoms with Crippen LogP contribution in [0.15, 0.2) is 24.3 Å². The summed E-state index contributed by atoms with van der Waals surface area (Å²) in [6.07, 6.45) is 2.18. The van der Waals surface area contributed by atoms with Crippen LogP contribution in [0.25, 0.3) is 0 Å².